The fourth-order valence-electron chi connectivity index (χ4n) is 6.92. The summed E-state index contributed by atoms with van der Waals surface area (Å²) in [4.78, 5) is 0. The molecule has 1 unspecified atom stereocenters. The minimum absolute atomic E-state index is 0.351. The quantitative estimate of drug-likeness (QED) is 0.554. The van der Waals surface area contributed by atoms with Gasteiger partial charge in [0.05, 0.1) is 6.10 Å². The van der Waals surface area contributed by atoms with Crippen LogP contribution in [0.1, 0.15) is 91.4 Å². The lowest BCUT2D eigenvalue weighted by Crippen LogP contribution is -2.37. The van der Waals surface area contributed by atoms with E-state index in [-0.39, 0.29) is 6.10 Å². The monoisotopic (exact) mass is 408 g/mol. The zero-order valence-electron chi connectivity index (χ0n) is 19.3. The van der Waals surface area contributed by atoms with E-state index in [0.29, 0.717) is 16.7 Å². The van der Waals surface area contributed by atoms with Crippen LogP contribution in [0.2, 0.25) is 0 Å². The lowest BCUT2D eigenvalue weighted by molar-refractivity contribution is 0.0817. The van der Waals surface area contributed by atoms with E-state index < -0.39 is 5.60 Å². The molecule has 0 spiro atoms. The van der Waals surface area contributed by atoms with Gasteiger partial charge in [-0.05, 0) is 112 Å². The Morgan fingerprint density at radius 1 is 1.10 bits per heavy atom. The summed E-state index contributed by atoms with van der Waals surface area (Å²) in [7, 11) is 0. The van der Waals surface area contributed by atoms with Crippen LogP contribution in [-0.2, 0) is 0 Å². The van der Waals surface area contributed by atoms with Gasteiger partial charge in [0.1, 0.15) is 5.60 Å². The van der Waals surface area contributed by atoms with Gasteiger partial charge in [0.2, 0.25) is 0 Å². The number of fused-ring (bicyclic) bond motifs is 1. The van der Waals surface area contributed by atoms with Crippen molar-refractivity contribution in [3.8, 4) is 11.8 Å². The molecule has 2 N–H and O–H groups in total. The summed E-state index contributed by atoms with van der Waals surface area (Å²) in [6, 6.07) is 0. The normalized spacial score (nSPS) is 38.3. The van der Waals surface area contributed by atoms with Gasteiger partial charge in [-0.25, -0.2) is 0 Å². The average Bonchev–Trinajstić information content (AvgIpc) is 3.35. The molecule has 0 bridgehead atoms. The fourth-order valence-corrected chi connectivity index (χ4v) is 6.92. The Morgan fingerprint density at radius 3 is 2.57 bits per heavy atom. The summed E-state index contributed by atoms with van der Waals surface area (Å²) in [6.07, 6.45) is 17.3. The molecule has 30 heavy (non-hydrogen) atoms. The Balaban J connectivity index is 1.52. The highest BCUT2D eigenvalue weighted by atomic mass is 16.3. The minimum atomic E-state index is -0.886. The van der Waals surface area contributed by atoms with Crippen LogP contribution in [0, 0.1) is 34.5 Å². The Kier molecular flexibility index (Phi) is 5.84. The van der Waals surface area contributed by atoms with Gasteiger partial charge in [-0.15, -0.1) is 0 Å². The summed E-state index contributed by atoms with van der Waals surface area (Å²) < 4.78 is 0. The van der Waals surface area contributed by atoms with E-state index in [1.807, 2.05) is 0 Å². The third kappa shape index (κ3) is 4.21. The van der Waals surface area contributed by atoms with Crippen molar-refractivity contribution in [2.45, 2.75) is 103 Å². The Hall–Kier alpha value is -1.30. The lowest BCUT2D eigenvalue weighted by Gasteiger charge is -2.45. The maximum Gasteiger partial charge on any atom is 0.119 e. The van der Waals surface area contributed by atoms with Gasteiger partial charge in [-0.2, -0.15) is 0 Å². The Labute approximate surface area is 183 Å². The summed E-state index contributed by atoms with van der Waals surface area (Å²) >= 11 is 0. The van der Waals surface area contributed by atoms with Gasteiger partial charge in [0.25, 0.3) is 0 Å². The second-order valence-corrected chi connectivity index (χ2v) is 11.3. The molecule has 0 aliphatic heterocycles. The molecule has 4 saturated carbocycles. The van der Waals surface area contributed by atoms with Crippen LogP contribution in [0.3, 0.4) is 0 Å². The molecule has 2 nitrogen and oxygen atoms in total. The van der Waals surface area contributed by atoms with Gasteiger partial charge in [0, 0.05) is 6.42 Å². The van der Waals surface area contributed by atoms with Crippen LogP contribution in [0.5, 0.6) is 0 Å². The molecule has 0 heterocycles. The van der Waals surface area contributed by atoms with Crippen molar-refractivity contribution in [1.82, 2.24) is 0 Å². The number of rotatable bonds is 3. The van der Waals surface area contributed by atoms with Crippen LogP contribution in [0.25, 0.3) is 0 Å². The third-order valence-electron chi connectivity index (χ3n) is 8.67. The lowest BCUT2D eigenvalue weighted by atomic mass is 9.59. The van der Waals surface area contributed by atoms with E-state index in [1.54, 1.807) is 19.4 Å². The standard InChI is InChI=1S/C28H40O2/c1-20-21(8-5-10-24(20)29)11-12-22-9-6-16-27(4)23(22)13-14-25(27)28(18-19-28)17-7-15-26(2,3)30/h11-12,23-25,29-30H,1,5-6,8-10,13-14,16-19H2,2-4H3/t23?,24-,25-,27-/m0/s1. The summed E-state index contributed by atoms with van der Waals surface area (Å²) in [5.41, 5.74) is 3.71. The largest absolute Gasteiger partial charge is 0.388 e. The summed E-state index contributed by atoms with van der Waals surface area (Å²) in [5.74, 6) is 7.85. The molecule has 0 saturated heterocycles. The first kappa shape index (κ1) is 21.9. The van der Waals surface area contributed by atoms with Crippen molar-refractivity contribution < 1.29 is 10.2 Å². The molecule has 4 fully saturated rings. The van der Waals surface area contributed by atoms with Crippen molar-refractivity contribution in [2.24, 2.45) is 22.7 Å². The van der Waals surface area contributed by atoms with Crippen LogP contribution < -0.4 is 0 Å². The molecule has 4 aliphatic carbocycles. The maximum atomic E-state index is 10.1. The van der Waals surface area contributed by atoms with Gasteiger partial charge in [-0.3, -0.25) is 0 Å². The topological polar surface area (TPSA) is 40.5 Å². The molecule has 0 aromatic carbocycles. The van der Waals surface area contributed by atoms with E-state index in [4.69, 9.17) is 0 Å². The molecule has 164 valence electrons. The SMILES string of the molecule is C=C1C(=CC=C2CCC[C@@]3(C)C2CC[C@@H]3C2(CC#CC(C)(C)O)CC2)CCC[C@@H]1O. The molecule has 0 aromatic rings. The van der Waals surface area contributed by atoms with Crippen molar-refractivity contribution in [3.63, 3.8) is 0 Å². The number of hydrogen-bond acceptors (Lipinski definition) is 2. The van der Waals surface area contributed by atoms with E-state index >= 15 is 0 Å². The van der Waals surface area contributed by atoms with Crippen molar-refractivity contribution >= 4 is 0 Å². The zero-order chi connectivity index (χ0) is 21.6. The third-order valence-corrected chi connectivity index (χ3v) is 8.67. The van der Waals surface area contributed by atoms with E-state index in [9.17, 15) is 10.2 Å². The number of aliphatic hydroxyl groups is 2. The first-order valence-electron chi connectivity index (χ1n) is 12.1. The second-order valence-electron chi connectivity index (χ2n) is 11.3. The molecule has 0 amide bonds. The molecular formula is C28H40O2. The van der Waals surface area contributed by atoms with Gasteiger partial charge < -0.3 is 10.2 Å². The summed E-state index contributed by atoms with van der Waals surface area (Å²) in [6.45, 7) is 10.3. The first-order chi connectivity index (χ1) is 14.1. The molecule has 4 aliphatic rings. The number of hydrogen-bond donors (Lipinski definition) is 2. The highest BCUT2D eigenvalue weighted by Crippen LogP contribution is 2.69. The van der Waals surface area contributed by atoms with Crippen LogP contribution >= 0.6 is 0 Å². The maximum absolute atomic E-state index is 10.1. The van der Waals surface area contributed by atoms with Crippen LogP contribution in [0.4, 0.5) is 0 Å². The Bertz CT molecular complexity index is 808. The predicted molar refractivity (Wildman–Crippen MR) is 124 cm³/mol. The summed E-state index contributed by atoms with van der Waals surface area (Å²) in [5, 5.41) is 20.1. The highest BCUT2D eigenvalue weighted by Gasteiger charge is 2.60. The molecule has 0 radical (unpaired) electrons. The van der Waals surface area contributed by atoms with Crippen molar-refractivity contribution in [3.05, 3.63) is 35.5 Å². The molecular weight excluding hydrogens is 368 g/mol. The van der Waals surface area contributed by atoms with Crippen LogP contribution in [-0.4, -0.2) is 21.9 Å². The zero-order valence-corrected chi connectivity index (χ0v) is 19.3. The molecule has 4 rings (SSSR count). The van der Waals surface area contributed by atoms with E-state index in [0.717, 1.165) is 37.2 Å². The van der Waals surface area contributed by atoms with Crippen molar-refractivity contribution in [2.75, 3.05) is 0 Å². The number of aliphatic hydroxyl groups excluding tert-OH is 1. The van der Waals surface area contributed by atoms with E-state index in [2.05, 4.69) is 37.5 Å². The smallest absolute Gasteiger partial charge is 0.119 e. The first-order valence-corrected chi connectivity index (χ1v) is 12.1. The minimum Gasteiger partial charge on any atom is -0.388 e. The fraction of sp³-hybridized carbons (Fsp3) is 0.714. The Morgan fingerprint density at radius 2 is 1.87 bits per heavy atom. The van der Waals surface area contributed by atoms with Crippen molar-refractivity contribution in [1.29, 1.82) is 0 Å². The van der Waals surface area contributed by atoms with Gasteiger partial charge in [0.15, 0.2) is 0 Å². The molecule has 0 aromatic heterocycles. The highest BCUT2D eigenvalue weighted by molar-refractivity contribution is 5.38. The van der Waals surface area contributed by atoms with Crippen LogP contribution in [0.15, 0.2) is 35.5 Å². The predicted octanol–water partition coefficient (Wildman–Crippen LogP) is 6.10. The molecule has 4 atom stereocenters. The van der Waals surface area contributed by atoms with E-state index in [1.165, 1.54) is 50.5 Å². The second kappa shape index (κ2) is 7.99. The number of allylic oxidation sites excluding steroid dienone is 3. The van der Waals surface area contributed by atoms with Gasteiger partial charge in [-0.1, -0.05) is 43.1 Å². The average molecular weight is 409 g/mol. The molecule has 2 heteroatoms. The van der Waals surface area contributed by atoms with Gasteiger partial charge >= 0.3 is 0 Å².